The molecule has 1 amide bonds. The molecule has 126 valence electrons. The molecule has 1 saturated heterocycles. The predicted octanol–water partition coefficient (Wildman–Crippen LogP) is 2.99. The minimum Gasteiger partial charge on any atom is -0.480 e. The molecule has 1 aliphatic heterocycles. The molecule has 2 aliphatic rings. The number of aliphatic carboxylic acids is 1. The van der Waals surface area contributed by atoms with Gasteiger partial charge in [-0.25, -0.2) is 9.78 Å². The van der Waals surface area contributed by atoms with Gasteiger partial charge in [0.1, 0.15) is 11.6 Å². The van der Waals surface area contributed by atoms with Crippen molar-refractivity contribution in [1.29, 1.82) is 0 Å². The van der Waals surface area contributed by atoms with E-state index in [0.29, 0.717) is 17.5 Å². The third-order valence-corrected chi connectivity index (χ3v) is 5.33. The number of fused-ring (bicyclic) bond motifs is 2. The van der Waals surface area contributed by atoms with E-state index in [-0.39, 0.29) is 23.6 Å². The highest BCUT2D eigenvalue weighted by Crippen LogP contribution is 2.40. The molecule has 0 radical (unpaired) electrons. The minimum atomic E-state index is -0.928. The highest BCUT2D eigenvalue weighted by atomic mass is 16.4. The van der Waals surface area contributed by atoms with Crippen molar-refractivity contribution in [1.82, 2.24) is 9.88 Å². The maximum Gasteiger partial charge on any atom is 0.326 e. The largest absolute Gasteiger partial charge is 0.480 e. The summed E-state index contributed by atoms with van der Waals surface area (Å²) < 4.78 is 5.66. The van der Waals surface area contributed by atoms with Gasteiger partial charge in [0.05, 0.1) is 0 Å². The van der Waals surface area contributed by atoms with Crippen LogP contribution in [0.1, 0.15) is 48.4 Å². The highest BCUT2D eigenvalue weighted by Gasteiger charge is 2.48. The number of rotatable bonds is 2. The van der Waals surface area contributed by atoms with Gasteiger partial charge < -0.3 is 14.4 Å². The molecule has 0 unspecified atom stereocenters. The van der Waals surface area contributed by atoms with E-state index in [2.05, 4.69) is 4.98 Å². The summed E-state index contributed by atoms with van der Waals surface area (Å²) in [5.74, 6) is -0.788. The number of carboxylic acid groups (broad SMARTS) is 1. The first-order chi connectivity index (χ1) is 11.5. The fourth-order valence-electron chi connectivity index (χ4n) is 4.23. The summed E-state index contributed by atoms with van der Waals surface area (Å²) >= 11 is 0. The summed E-state index contributed by atoms with van der Waals surface area (Å²) in [5, 5.41) is 9.57. The molecule has 1 saturated carbocycles. The fourth-order valence-corrected chi connectivity index (χ4v) is 4.23. The summed E-state index contributed by atoms with van der Waals surface area (Å²) in [4.78, 5) is 30.6. The molecule has 6 nitrogen and oxygen atoms in total. The average Bonchev–Trinajstić information content (AvgIpc) is 3.15. The lowest BCUT2D eigenvalue weighted by atomic mass is 9.84. The highest BCUT2D eigenvalue weighted by molar-refractivity contribution is 5.98. The van der Waals surface area contributed by atoms with Crippen LogP contribution < -0.4 is 0 Å². The summed E-state index contributed by atoms with van der Waals surface area (Å²) in [6.45, 7) is 1.88. The molecule has 0 spiro atoms. The number of carbonyl (C=O) groups is 2. The predicted molar refractivity (Wildman–Crippen MR) is 86.7 cm³/mol. The molecule has 24 heavy (non-hydrogen) atoms. The van der Waals surface area contributed by atoms with Gasteiger partial charge in [0, 0.05) is 17.8 Å². The van der Waals surface area contributed by atoms with Crippen molar-refractivity contribution in [3.05, 3.63) is 29.7 Å². The van der Waals surface area contributed by atoms with Crippen molar-refractivity contribution >= 4 is 23.0 Å². The van der Waals surface area contributed by atoms with Gasteiger partial charge in [-0.15, -0.1) is 0 Å². The molecule has 6 heteroatoms. The lowest BCUT2D eigenvalue weighted by molar-refractivity contribution is -0.141. The van der Waals surface area contributed by atoms with Gasteiger partial charge in [-0.1, -0.05) is 12.8 Å². The SMILES string of the molecule is Cc1ccc2oc(C(=O)N3[C@H](C(=O)O)C[C@@H]4CCCC[C@@H]43)cc2n1. The average molecular weight is 328 g/mol. The number of nitrogens with zero attached hydrogens (tertiary/aromatic N) is 2. The van der Waals surface area contributed by atoms with Crippen LogP contribution in [0, 0.1) is 12.8 Å². The van der Waals surface area contributed by atoms with Crippen LogP contribution in [0.15, 0.2) is 22.6 Å². The Balaban J connectivity index is 1.70. The molecule has 1 aliphatic carbocycles. The van der Waals surface area contributed by atoms with Gasteiger partial charge in [0.2, 0.25) is 0 Å². The third-order valence-electron chi connectivity index (χ3n) is 5.33. The Morgan fingerprint density at radius 3 is 2.88 bits per heavy atom. The fraction of sp³-hybridized carbons (Fsp3) is 0.500. The first-order valence-electron chi connectivity index (χ1n) is 8.47. The number of carbonyl (C=O) groups excluding carboxylic acids is 1. The molecule has 2 aromatic rings. The van der Waals surface area contributed by atoms with E-state index in [9.17, 15) is 14.7 Å². The molecule has 1 N–H and O–H groups in total. The van der Waals surface area contributed by atoms with Crippen molar-refractivity contribution in [2.45, 2.75) is 51.1 Å². The topological polar surface area (TPSA) is 83.6 Å². The number of carboxylic acids is 1. The van der Waals surface area contributed by atoms with E-state index >= 15 is 0 Å². The second-order valence-corrected chi connectivity index (χ2v) is 6.86. The van der Waals surface area contributed by atoms with Gasteiger partial charge in [-0.2, -0.15) is 0 Å². The Morgan fingerprint density at radius 1 is 1.29 bits per heavy atom. The second-order valence-electron chi connectivity index (χ2n) is 6.86. The summed E-state index contributed by atoms with van der Waals surface area (Å²) in [5.41, 5.74) is 2.03. The molecule has 3 heterocycles. The summed E-state index contributed by atoms with van der Waals surface area (Å²) in [6, 6.07) is 4.49. The van der Waals surface area contributed by atoms with Gasteiger partial charge in [0.15, 0.2) is 11.3 Å². The van der Waals surface area contributed by atoms with Crippen LogP contribution in [0.4, 0.5) is 0 Å². The Bertz CT molecular complexity index is 812. The second kappa shape index (κ2) is 5.61. The number of hydrogen-bond donors (Lipinski definition) is 1. The Labute approximate surface area is 139 Å². The maximum atomic E-state index is 13.0. The van der Waals surface area contributed by atoms with Crippen molar-refractivity contribution in [2.75, 3.05) is 0 Å². The van der Waals surface area contributed by atoms with Crippen LogP contribution in [0.25, 0.3) is 11.1 Å². The molecule has 2 fully saturated rings. The number of amides is 1. The number of pyridine rings is 1. The number of hydrogen-bond acceptors (Lipinski definition) is 4. The third kappa shape index (κ3) is 2.37. The summed E-state index contributed by atoms with van der Waals surface area (Å²) in [7, 11) is 0. The first-order valence-corrected chi connectivity index (χ1v) is 8.47. The van der Waals surface area contributed by atoms with Gasteiger partial charge in [-0.3, -0.25) is 4.79 Å². The Morgan fingerprint density at radius 2 is 2.08 bits per heavy atom. The van der Waals surface area contributed by atoms with Crippen molar-refractivity contribution in [3.8, 4) is 0 Å². The quantitative estimate of drug-likeness (QED) is 0.916. The van der Waals surface area contributed by atoms with Crippen LogP contribution >= 0.6 is 0 Å². The lowest BCUT2D eigenvalue weighted by Crippen LogP contribution is -2.46. The van der Waals surface area contributed by atoms with Gasteiger partial charge >= 0.3 is 5.97 Å². The van der Waals surface area contributed by atoms with Crippen LogP contribution in [-0.4, -0.2) is 39.0 Å². The minimum absolute atomic E-state index is 0.00950. The molecule has 0 bridgehead atoms. The maximum absolute atomic E-state index is 13.0. The number of furan rings is 1. The monoisotopic (exact) mass is 328 g/mol. The smallest absolute Gasteiger partial charge is 0.326 e. The van der Waals surface area contributed by atoms with E-state index in [4.69, 9.17) is 4.42 Å². The van der Waals surface area contributed by atoms with Crippen LogP contribution in [0.3, 0.4) is 0 Å². The zero-order chi connectivity index (χ0) is 16.8. The zero-order valence-corrected chi connectivity index (χ0v) is 13.6. The van der Waals surface area contributed by atoms with Gasteiger partial charge in [-0.05, 0) is 44.2 Å². The number of aryl methyl sites for hydroxylation is 1. The molecular formula is C18H20N2O4. The van der Waals surface area contributed by atoms with E-state index < -0.39 is 12.0 Å². The molecule has 4 rings (SSSR count). The Kier molecular flexibility index (Phi) is 3.55. The number of aromatic nitrogens is 1. The normalized spacial score (nSPS) is 26.5. The molecule has 3 atom stereocenters. The van der Waals surface area contributed by atoms with Crippen molar-refractivity contribution < 1.29 is 19.1 Å². The van der Waals surface area contributed by atoms with Crippen molar-refractivity contribution in [3.63, 3.8) is 0 Å². The van der Waals surface area contributed by atoms with Crippen LogP contribution in [0.5, 0.6) is 0 Å². The van der Waals surface area contributed by atoms with Crippen LogP contribution in [-0.2, 0) is 4.79 Å². The van der Waals surface area contributed by atoms with E-state index in [0.717, 1.165) is 31.4 Å². The molecule has 0 aromatic carbocycles. The van der Waals surface area contributed by atoms with Crippen molar-refractivity contribution in [2.24, 2.45) is 5.92 Å². The lowest BCUT2D eigenvalue weighted by Gasteiger charge is -2.32. The van der Waals surface area contributed by atoms with E-state index in [1.807, 2.05) is 13.0 Å². The first kappa shape index (κ1) is 15.2. The van der Waals surface area contributed by atoms with Gasteiger partial charge in [0.25, 0.3) is 5.91 Å². The summed E-state index contributed by atoms with van der Waals surface area (Å²) in [6.07, 6.45) is 4.57. The molecule has 2 aromatic heterocycles. The van der Waals surface area contributed by atoms with E-state index in [1.165, 1.54) is 0 Å². The Hall–Kier alpha value is -2.37. The zero-order valence-electron chi connectivity index (χ0n) is 13.6. The number of likely N-dealkylation sites (tertiary alicyclic amines) is 1. The van der Waals surface area contributed by atoms with E-state index in [1.54, 1.807) is 17.0 Å². The molecular weight excluding hydrogens is 308 g/mol. The van der Waals surface area contributed by atoms with Crippen LogP contribution in [0.2, 0.25) is 0 Å². The standard InChI is InChI=1S/C18H20N2O4/c1-10-6-7-15-12(19-10)9-16(24-15)17(21)20-13-5-3-2-4-11(13)8-14(20)18(22)23/h6-7,9,11,13-14H,2-5,8H2,1H3,(H,22,23)/t11-,13-,14-/m0/s1.